The molecule has 0 aliphatic heterocycles. The molecule has 21 heavy (non-hydrogen) atoms. The van der Waals surface area contributed by atoms with Gasteiger partial charge in [0.1, 0.15) is 5.75 Å². The zero-order chi connectivity index (χ0) is 15.6. The van der Waals surface area contributed by atoms with Crippen LogP contribution >= 0.6 is 50.7 Å². The van der Waals surface area contributed by atoms with E-state index in [0.29, 0.717) is 26.4 Å². The summed E-state index contributed by atoms with van der Waals surface area (Å²) < 4.78 is 6.44. The van der Waals surface area contributed by atoms with Crippen molar-refractivity contribution in [1.82, 2.24) is 0 Å². The number of Topliss-reactive ketones (excluding diaryl/α,β-unsaturated/α-hetero) is 1. The predicted octanol–water partition coefficient (Wildman–Crippen LogP) is 6.06. The largest absolute Gasteiger partial charge is 0.481 e. The predicted molar refractivity (Wildman–Crippen MR) is 90.0 cm³/mol. The summed E-state index contributed by atoms with van der Waals surface area (Å²) in [4.78, 5) is 12.4. The number of hydrogen-bond acceptors (Lipinski definition) is 2. The Labute approximate surface area is 146 Å². The summed E-state index contributed by atoms with van der Waals surface area (Å²) >= 11 is 21.2. The Morgan fingerprint density at radius 1 is 1.10 bits per heavy atom. The lowest BCUT2D eigenvalue weighted by molar-refractivity contribution is 0.0818. The first-order chi connectivity index (χ1) is 9.88. The van der Waals surface area contributed by atoms with E-state index in [0.717, 1.165) is 4.47 Å². The Morgan fingerprint density at radius 2 is 1.81 bits per heavy atom. The Kier molecular flexibility index (Phi) is 5.55. The van der Waals surface area contributed by atoms with Crippen LogP contribution in [0.1, 0.15) is 17.3 Å². The van der Waals surface area contributed by atoms with Gasteiger partial charge in [-0.1, -0.05) is 50.7 Å². The van der Waals surface area contributed by atoms with E-state index in [1.807, 2.05) is 0 Å². The van der Waals surface area contributed by atoms with E-state index in [9.17, 15) is 4.79 Å². The van der Waals surface area contributed by atoms with Crippen molar-refractivity contribution in [1.29, 1.82) is 0 Å². The molecule has 0 aliphatic rings. The van der Waals surface area contributed by atoms with Crippen molar-refractivity contribution >= 4 is 56.5 Å². The van der Waals surface area contributed by atoms with Gasteiger partial charge >= 0.3 is 0 Å². The number of ether oxygens (including phenoxy) is 1. The molecule has 2 nitrogen and oxygen atoms in total. The normalized spacial score (nSPS) is 12.0. The molecule has 1 unspecified atom stereocenters. The van der Waals surface area contributed by atoms with Gasteiger partial charge in [0.15, 0.2) is 6.10 Å². The van der Waals surface area contributed by atoms with Crippen molar-refractivity contribution in [3.8, 4) is 5.75 Å². The smallest absolute Gasteiger partial charge is 0.204 e. The minimum absolute atomic E-state index is 0.240. The van der Waals surface area contributed by atoms with Crippen LogP contribution in [0.4, 0.5) is 0 Å². The van der Waals surface area contributed by atoms with Crippen LogP contribution in [-0.2, 0) is 0 Å². The zero-order valence-electron chi connectivity index (χ0n) is 10.9. The second-order valence-corrected chi connectivity index (χ2v) is 6.49. The summed E-state index contributed by atoms with van der Waals surface area (Å²) in [6.45, 7) is 1.64. The number of hydrogen-bond donors (Lipinski definition) is 0. The minimum Gasteiger partial charge on any atom is -0.481 e. The van der Waals surface area contributed by atoms with Crippen LogP contribution in [0.3, 0.4) is 0 Å². The van der Waals surface area contributed by atoms with Gasteiger partial charge in [-0.25, -0.2) is 0 Å². The molecule has 0 N–H and O–H groups in total. The molecule has 0 heterocycles. The lowest BCUT2D eigenvalue weighted by Crippen LogP contribution is -2.24. The molecular formula is C15H10BrCl3O2. The molecule has 0 spiro atoms. The van der Waals surface area contributed by atoms with E-state index in [-0.39, 0.29) is 5.78 Å². The van der Waals surface area contributed by atoms with Crippen molar-refractivity contribution in [2.45, 2.75) is 13.0 Å². The van der Waals surface area contributed by atoms with Crippen LogP contribution in [-0.4, -0.2) is 11.9 Å². The first-order valence-corrected chi connectivity index (χ1v) is 7.92. The number of ketones is 1. The van der Waals surface area contributed by atoms with Crippen LogP contribution in [0, 0.1) is 0 Å². The SMILES string of the molecule is CC(Oc1ccc(Br)cc1Cl)C(=O)c1ccc(Cl)cc1Cl. The zero-order valence-corrected chi connectivity index (χ0v) is 14.7. The summed E-state index contributed by atoms with van der Waals surface area (Å²) in [5.41, 5.74) is 0.363. The maximum absolute atomic E-state index is 12.4. The standard InChI is InChI=1S/C15H10BrCl3O2/c1-8(21-14-5-2-9(16)6-13(14)19)15(20)11-4-3-10(17)7-12(11)18/h2-8H,1H3. The summed E-state index contributed by atoms with van der Waals surface area (Å²) in [5, 5.41) is 1.19. The van der Waals surface area contributed by atoms with E-state index >= 15 is 0 Å². The molecule has 0 radical (unpaired) electrons. The molecule has 0 fully saturated rings. The molecule has 0 saturated carbocycles. The van der Waals surface area contributed by atoms with Gasteiger partial charge in [0, 0.05) is 15.1 Å². The maximum atomic E-state index is 12.4. The van der Waals surface area contributed by atoms with Gasteiger partial charge in [0.05, 0.1) is 10.0 Å². The molecule has 2 rings (SSSR count). The fraction of sp³-hybridized carbons (Fsp3) is 0.133. The Morgan fingerprint density at radius 3 is 2.43 bits per heavy atom. The number of benzene rings is 2. The van der Waals surface area contributed by atoms with Gasteiger partial charge in [-0.2, -0.15) is 0 Å². The van der Waals surface area contributed by atoms with Crippen molar-refractivity contribution in [3.63, 3.8) is 0 Å². The van der Waals surface area contributed by atoms with E-state index in [1.165, 1.54) is 6.07 Å². The summed E-state index contributed by atoms with van der Waals surface area (Å²) in [5.74, 6) is 0.196. The Hall–Kier alpha value is -0.740. The van der Waals surface area contributed by atoms with Gasteiger partial charge < -0.3 is 4.74 Å². The molecule has 0 aliphatic carbocycles. The third kappa shape index (κ3) is 4.13. The van der Waals surface area contributed by atoms with Crippen molar-refractivity contribution in [2.75, 3.05) is 0 Å². The van der Waals surface area contributed by atoms with Crippen molar-refractivity contribution in [3.05, 3.63) is 61.5 Å². The molecule has 0 bridgehead atoms. The van der Waals surface area contributed by atoms with Crippen LogP contribution in [0.2, 0.25) is 15.1 Å². The molecule has 0 amide bonds. The summed E-state index contributed by atoms with van der Waals surface area (Å²) in [6, 6.07) is 9.89. The van der Waals surface area contributed by atoms with Gasteiger partial charge in [-0.3, -0.25) is 4.79 Å². The second kappa shape index (κ2) is 7.01. The van der Waals surface area contributed by atoms with Crippen molar-refractivity contribution < 1.29 is 9.53 Å². The van der Waals surface area contributed by atoms with Crippen LogP contribution < -0.4 is 4.74 Å². The van der Waals surface area contributed by atoms with E-state index < -0.39 is 6.10 Å². The average molecular weight is 409 g/mol. The second-order valence-electron chi connectivity index (χ2n) is 4.32. The van der Waals surface area contributed by atoms with Gasteiger partial charge in [-0.05, 0) is 43.3 Å². The topological polar surface area (TPSA) is 26.3 Å². The van der Waals surface area contributed by atoms with E-state index in [2.05, 4.69) is 15.9 Å². The number of rotatable bonds is 4. The molecule has 6 heteroatoms. The highest BCUT2D eigenvalue weighted by atomic mass is 79.9. The fourth-order valence-corrected chi connectivity index (χ4v) is 2.94. The van der Waals surface area contributed by atoms with E-state index in [4.69, 9.17) is 39.5 Å². The molecule has 1 atom stereocenters. The summed E-state index contributed by atoms with van der Waals surface area (Å²) in [7, 11) is 0. The quantitative estimate of drug-likeness (QED) is 0.575. The first-order valence-electron chi connectivity index (χ1n) is 5.99. The Balaban J connectivity index is 2.19. The van der Waals surface area contributed by atoms with Gasteiger partial charge in [0.25, 0.3) is 0 Å². The van der Waals surface area contributed by atoms with Gasteiger partial charge in [-0.15, -0.1) is 0 Å². The number of halogens is 4. The third-order valence-corrected chi connectivity index (χ3v) is 4.10. The van der Waals surface area contributed by atoms with Crippen molar-refractivity contribution in [2.24, 2.45) is 0 Å². The summed E-state index contributed by atoms with van der Waals surface area (Å²) in [6.07, 6.45) is -0.720. The Bertz CT molecular complexity index is 689. The molecule has 110 valence electrons. The average Bonchev–Trinajstić information content (AvgIpc) is 2.41. The number of carbonyl (C=O) groups is 1. The lowest BCUT2D eigenvalue weighted by Gasteiger charge is -2.15. The van der Waals surface area contributed by atoms with Crippen LogP contribution in [0.25, 0.3) is 0 Å². The van der Waals surface area contributed by atoms with Crippen LogP contribution in [0.5, 0.6) is 5.75 Å². The first kappa shape index (κ1) is 16.6. The molecule has 0 saturated heterocycles. The van der Waals surface area contributed by atoms with E-state index in [1.54, 1.807) is 37.3 Å². The highest BCUT2D eigenvalue weighted by Crippen LogP contribution is 2.29. The monoisotopic (exact) mass is 406 g/mol. The fourth-order valence-electron chi connectivity index (χ4n) is 1.72. The minimum atomic E-state index is -0.720. The van der Waals surface area contributed by atoms with Crippen LogP contribution in [0.15, 0.2) is 40.9 Å². The maximum Gasteiger partial charge on any atom is 0.204 e. The molecule has 2 aromatic carbocycles. The lowest BCUT2D eigenvalue weighted by atomic mass is 10.1. The third-order valence-electron chi connectivity index (χ3n) is 2.76. The molecule has 0 aromatic heterocycles. The molecule has 2 aromatic rings. The number of carbonyl (C=O) groups excluding carboxylic acids is 1. The highest BCUT2D eigenvalue weighted by molar-refractivity contribution is 9.10. The molecular weight excluding hydrogens is 398 g/mol. The van der Waals surface area contributed by atoms with Gasteiger partial charge in [0.2, 0.25) is 5.78 Å². The highest BCUT2D eigenvalue weighted by Gasteiger charge is 2.20.